The predicted molar refractivity (Wildman–Crippen MR) is 194 cm³/mol. The molecule has 5 rings (SSSR count). The highest BCUT2D eigenvalue weighted by atomic mass is 35.5. The minimum atomic E-state index is -0.991. The first-order chi connectivity index (χ1) is 23.8. The van der Waals surface area contributed by atoms with Gasteiger partial charge in [0.2, 0.25) is 0 Å². The molecule has 0 bridgehead atoms. The molecule has 12 heteroatoms. The van der Waals surface area contributed by atoms with Crippen molar-refractivity contribution < 1.29 is 28.1 Å². The molecule has 50 heavy (non-hydrogen) atoms. The van der Waals surface area contributed by atoms with E-state index in [9.17, 15) is 9.18 Å². The number of hydrogen-bond acceptors (Lipinski definition) is 8. The molecule has 3 aromatic heterocycles. The van der Waals surface area contributed by atoms with Gasteiger partial charge in [-0.15, -0.1) is 13.2 Å². The van der Waals surface area contributed by atoms with Crippen LogP contribution in [-0.4, -0.2) is 69.9 Å². The van der Waals surface area contributed by atoms with Crippen molar-refractivity contribution in [1.82, 2.24) is 19.4 Å². The first-order valence-corrected chi connectivity index (χ1v) is 17.2. The van der Waals surface area contributed by atoms with Crippen LogP contribution in [-0.2, 0) is 25.4 Å². The van der Waals surface area contributed by atoms with Crippen LogP contribution in [0.25, 0.3) is 17.2 Å². The number of carbonyl (C=O) groups is 1. The van der Waals surface area contributed by atoms with Gasteiger partial charge in [0.15, 0.2) is 17.1 Å². The van der Waals surface area contributed by atoms with Crippen molar-refractivity contribution in [2.24, 2.45) is 0 Å². The van der Waals surface area contributed by atoms with E-state index in [2.05, 4.69) is 34.9 Å². The molecule has 1 aliphatic rings. The van der Waals surface area contributed by atoms with E-state index in [0.717, 1.165) is 24.2 Å². The number of H-pyrrole nitrogens is 1. The number of pyridine rings is 1. The molecule has 10 nitrogen and oxygen atoms in total. The lowest BCUT2D eigenvalue weighted by atomic mass is 9.92. The van der Waals surface area contributed by atoms with Gasteiger partial charge in [-0.3, -0.25) is 4.40 Å². The maximum atomic E-state index is 14.3. The number of imidazole rings is 2. The third-order valence-corrected chi connectivity index (χ3v) is 9.04. The van der Waals surface area contributed by atoms with Gasteiger partial charge in [0.1, 0.15) is 28.7 Å². The Morgan fingerprint density at radius 2 is 1.92 bits per heavy atom. The molecule has 1 aromatic carbocycles. The zero-order chi connectivity index (χ0) is 36.2. The second kappa shape index (κ2) is 15.4. The van der Waals surface area contributed by atoms with E-state index in [4.69, 9.17) is 35.5 Å². The second-order valence-corrected chi connectivity index (χ2v) is 14.2. The minimum Gasteiger partial charge on any atom is -0.493 e. The number of anilines is 1. The molecule has 1 fully saturated rings. The minimum absolute atomic E-state index is 0.245. The first kappa shape index (κ1) is 37.1. The molecule has 268 valence electrons. The number of aromatic nitrogens is 4. The van der Waals surface area contributed by atoms with Crippen LogP contribution >= 0.6 is 11.6 Å². The summed E-state index contributed by atoms with van der Waals surface area (Å²) in [5, 5.41) is 0.245. The predicted octanol–water partition coefficient (Wildman–Crippen LogP) is 7.96. The highest BCUT2D eigenvalue weighted by Gasteiger charge is 2.37. The van der Waals surface area contributed by atoms with Crippen LogP contribution in [0.4, 0.5) is 10.2 Å². The summed E-state index contributed by atoms with van der Waals surface area (Å²) in [7, 11) is 1.37. The number of piperidine rings is 1. The van der Waals surface area contributed by atoms with E-state index in [-0.39, 0.29) is 23.0 Å². The number of aryl methyl sites for hydroxylation is 1. The Morgan fingerprint density at radius 3 is 2.58 bits per heavy atom. The van der Waals surface area contributed by atoms with Crippen molar-refractivity contribution in [3.63, 3.8) is 0 Å². The van der Waals surface area contributed by atoms with Gasteiger partial charge in [-0.2, -0.15) is 0 Å². The number of rotatable bonds is 14. The number of benzene rings is 1. The van der Waals surface area contributed by atoms with E-state index in [1.165, 1.54) is 19.2 Å². The Kier molecular flexibility index (Phi) is 11.4. The Balaban J connectivity index is 1.58. The highest BCUT2D eigenvalue weighted by molar-refractivity contribution is 6.30. The average Bonchev–Trinajstić information content (AvgIpc) is 3.66. The maximum Gasteiger partial charge on any atom is 0.339 e. The summed E-state index contributed by atoms with van der Waals surface area (Å²) >= 11 is 6.66. The summed E-state index contributed by atoms with van der Waals surface area (Å²) in [5.74, 6) is 0.919. The molecule has 0 amide bonds. The van der Waals surface area contributed by atoms with E-state index < -0.39 is 17.7 Å². The Morgan fingerprint density at radius 1 is 1.18 bits per heavy atom. The summed E-state index contributed by atoms with van der Waals surface area (Å²) in [6.07, 6.45) is 6.86. The van der Waals surface area contributed by atoms with Crippen molar-refractivity contribution in [3.05, 3.63) is 89.1 Å². The number of ether oxygens (including phenoxy) is 4. The zero-order valence-electron chi connectivity index (χ0n) is 29.8. The van der Waals surface area contributed by atoms with Gasteiger partial charge in [-0.25, -0.2) is 19.2 Å². The van der Waals surface area contributed by atoms with E-state index in [1.807, 2.05) is 44.4 Å². The van der Waals surface area contributed by atoms with Gasteiger partial charge >= 0.3 is 5.97 Å². The Labute approximate surface area is 298 Å². The monoisotopic (exact) mass is 707 g/mol. The van der Waals surface area contributed by atoms with Crippen LogP contribution < -0.4 is 9.64 Å². The maximum absolute atomic E-state index is 14.3. The van der Waals surface area contributed by atoms with Gasteiger partial charge in [0.25, 0.3) is 0 Å². The van der Waals surface area contributed by atoms with Crippen LogP contribution in [0.5, 0.6) is 5.75 Å². The van der Waals surface area contributed by atoms with Crippen molar-refractivity contribution in [2.75, 3.05) is 38.3 Å². The van der Waals surface area contributed by atoms with Crippen molar-refractivity contribution in [3.8, 4) is 17.3 Å². The number of hydrogen-bond donors (Lipinski definition) is 1. The van der Waals surface area contributed by atoms with Gasteiger partial charge in [0, 0.05) is 36.8 Å². The number of nitrogens with one attached hydrogen (secondary N) is 1. The van der Waals surface area contributed by atoms with Crippen LogP contribution in [0.15, 0.2) is 55.8 Å². The zero-order valence-corrected chi connectivity index (χ0v) is 30.5. The third kappa shape index (κ3) is 8.39. The molecular formula is C38H47ClFN5O5. The lowest BCUT2D eigenvalue weighted by Crippen LogP contribution is -2.45. The summed E-state index contributed by atoms with van der Waals surface area (Å²) in [4.78, 5) is 28.5. The van der Waals surface area contributed by atoms with E-state index in [1.54, 1.807) is 18.2 Å². The molecule has 1 atom stereocenters. The number of nitrogens with zero attached hydrogens (tertiary/aromatic N) is 4. The number of halogens is 2. The largest absolute Gasteiger partial charge is 0.493 e. The second-order valence-electron chi connectivity index (χ2n) is 13.8. The number of esters is 1. The molecule has 1 N–H and O–H groups in total. The van der Waals surface area contributed by atoms with E-state index >= 15 is 0 Å². The van der Waals surface area contributed by atoms with Crippen LogP contribution in [0.2, 0.25) is 5.15 Å². The topological polar surface area (TPSA) is 103 Å². The molecule has 0 radical (unpaired) electrons. The number of carbonyl (C=O) groups excluding carboxylic acids is 1. The normalized spacial score (nSPS) is 15.2. The molecule has 0 spiro atoms. The first-order valence-electron chi connectivity index (χ1n) is 16.8. The number of methoxy groups -OCH3 is 1. The van der Waals surface area contributed by atoms with Crippen LogP contribution in [0.1, 0.15) is 75.4 Å². The van der Waals surface area contributed by atoms with Crippen molar-refractivity contribution >= 4 is 29.0 Å². The van der Waals surface area contributed by atoms with Gasteiger partial charge in [-0.05, 0) is 83.7 Å². The molecule has 1 saturated heterocycles. The summed E-state index contributed by atoms with van der Waals surface area (Å²) in [6.45, 7) is 19.6. The molecule has 1 aliphatic heterocycles. The standard InChI is InChI=1S/C38H47ClFN5O5/c1-9-11-19-48-29-13-12-26(40)21-25(29)22-27-33(39)43-34(42-27)28-23-45-30(41-28)20-24(3)31(32(36(46)47-8)50-37(4,5)6)35(45)44-16-14-38(7,15-17-44)49-18-10-2/h9-10,12-13,20-21,23,32H,1-2,11,14-19,22H2,3-8H3,(H,42,43). The summed E-state index contributed by atoms with van der Waals surface area (Å²) in [6, 6.07) is 6.34. The Bertz CT molecular complexity index is 1850. The molecule has 0 saturated carbocycles. The fourth-order valence-electron chi connectivity index (χ4n) is 6.18. The lowest BCUT2D eigenvalue weighted by Gasteiger charge is -2.41. The quantitative estimate of drug-likeness (QED) is 0.0800. The van der Waals surface area contributed by atoms with Crippen molar-refractivity contribution in [2.45, 2.75) is 77.6 Å². The lowest BCUT2D eigenvalue weighted by molar-refractivity contribution is -0.164. The Hall–Kier alpha value is -4.19. The van der Waals surface area contributed by atoms with Gasteiger partial charge < -0.3 is 28.8 Å². The summed E-state index contributed by atoms with van der Waals surface area (Å²) < 4.78 is 40.0. The average molecular weight is 708 g/mol. The van der Waals surface area contributed by atoms with Gasteiger partial charge in [-0.1, -0.05) is 23.8 Å². The highest BCUT2D eigenvalue weighted by Crippen LogP contribution is 2.40. The SMILES string of the molecule is C=CCCOc1ccc(F)cc1Cc1[nH]c(-c2cn3c(N4CCC(C)(OCC=C)CC4)c(C(OC(C)(C)C)C(=O)OC)c(C)cc3n2)nc1Cl. The van der Waals surface area contributed by atoms with Gasteiger partial charge in [0.05, 0.1) is 37.2 Å². The fraction of sp³-hybridized carbons (Fsp3) is 0.447. The number of fused-ring (bicyclic) bond motifs is 1. The third-order valence-electron chi connectivity index (χ3n) is 8.73. The summed E-state index contributed by atoms with van der Waals surface area (Å²) in [5.41, 5.74) is 3.00. The smallest absolute Gasteiger partial charge is 0.339 e. The van der Waals surface area contributed by atoms with Crippen molar-refractivity contribution in [1.29, 1.82) is 0 Å². The van der Waals surface area contributed by atoms with E-state index in [0.29, 0.717) is 72.5 Å². The molecule has 0 aliphatic carbocycles. The van der Waals surface area contributed by atoms with Crippen LogP contribution in [0.3, 0.4) is 0 Å². The molecule has 4 aromatic rings. The van der Waals surface area contributed by atoms with Crippen LogP contribution in [0, 0.1) is 12.7 Å². The number of aromatic amines is 1. The molecule has 4 heterocycles. The molecular weight excluding hydrogens is 661 g/mol. The molecule has 1 unspecified atom stereocenters. The fourth-order valence-corrected chi connectivity index (χ4v) is 6.38.